The Kier molecular flexibility index (Phi) is 4.69. The normalized spacial score (nSPS) is 15.9. The van der Waals surface area contributed by atoms with Gasteiger partial charge in [0.05, 0.1) is 0 Å². The molecule has 2 N–H and O–H groups in total. The third-order valence-electron chi connectivity index (χ3n) is 2.92. The van der Waals surface area contributed by atoms with Crippen LogP contribution in [0.3, 0.4) is 0 Å². The topological polar surface area (TPSA) is 56.7 Å². The Balaban J connectivity index is 2.39. The molecule has 0 saturated carbocycles. The van der Waals surface area contributed by atoms with Crippen molar-refractivity contribution in [1.29, 1.82) is 0 Å². The minimum absolute atomic E-state index is 0.176. The fourth-order valence-electron chi connectivity index (χ4n) is 2.47. The van der Waals surface area contributed by atoms with E-state index in [1.807, 2.05) is 7.05 Å². The molecule has 1 aromatic heterocycles. The molecule has 0 bridgehead atoms. The molecular formula is C13H26N4. The molecule has 1 rings (SSSR count). The van der Waals surface area contributed by atoms with Gasteiger partial charge in [-0.1, -0.05) is 27.7 Å². The zero-order chi connectivity index (χ0) is 13.1. The van der Waals surface area contributed by atoms with Crippen molar-refractivity contribution in [2.45, 2.75) is 53.0 Å². The van der Waals surface area contributed by atoms with Crippen LogP contribution in [0.1, 0.15) is 46.4 Å². The predicted molar refractivity (Wildman–Crippen MR) is 70.5 cm³/mol. The van der Waals surface area contributed by atoms with E-state index in [0.717, 1.165) is 18.7 Å². The largest absolute Gasteiger partial charge is 0.327 e. The van der Waals surface area contributed by atoms with Crippen LogP contribution in [0.25, 0.3) is 0 Å². The van der Waals surface area contributed by atoms with Gasteiger partial charge < -0.3 is 5.73 Å². The van der Waals surface area contributed by atoms with Gasteiger partial charge in [-0.05, 0) is 24.2 Å². The first kappa shape index (κ1) is 14.2. The highest BCUT2D eigenvalue weighted by Gasteiger charge is 2.18. The summed E-state index contributed by atoms with van der Waals surface area (Å²) in [6.45, 7) is 9.11. The summed E-state index contributed by atoms with van der Waals surface area (Å²) in [4.78, 5) is 4.21. The highest BCUT2D eigenvalue weighted by atomic mass is 15.3. The molecule has 0 aromatic carbocycles. The fraction of sp³-hybridized carbons (Fsp3) is 0.846. The maximum Gasteiger partial charge on any atom is 0.138 e. The number of aryl methyl sites for hydroxylation is 1. The molecule has 1 aromatic rings. The second-order valence-corrected chi connectivity index (χ2v) is 6.37. The number of nitrogens with zero attached hydrogens (tertiary/aromatic N) is 3. The van der Waals surface area contributed by atoms with E-state index in [9.17, 15) is 0 Å². The maximum absolute atomic E-state index is 6.17. The van der Waals surface area contributed by atoms with Gasteiger partial charge in [-0.25, -0.2) is 4.98 Å². The summed E-state index contributed by atoms with van der Waals surface area (Å²) in [7, 11) is 1.91. The molecule has 1 heterocycles. The van der Waals surface area contributed by atoms with Crippen LogP contribution in [-0.2, 0) is 13.5 Å². The predicted octanol–water partition coefficient (Wildman–Crippen LogP) is 2.15. The van der Waals surface area contributed by atoms with Gasteiger partial charge in [0.25, 0.3) is 0 Å². The Morgan fingerprint density at radius 1 is 1.41 bits per heavy atom. The number of hydrogen-bond acceptors (Lipinski definition) is 3. The zero-order valence-corrected chi connectivity index (χ0v) is 11.8. The minimum atomic E-state index is 0.176. The van der Waals surface area contributed by atoms with Crippen molar-refractivity contribution in [3.8, 4) is 0 Å². The van der Waals surface area contributed by atoms with Crippen LogP contribution in [0, 0.1) is 11.3 Å². The minimum Gasteiger partial charge on any atom is -0.327 e. The van der Waals surface area contributed by atoms with E-state index in [1.165, 1.54) is 6.42 Å². The molecule has 0 aliphatic carbocycles. The summed E-state index contributed by atoms with van der Waals surface area (Å²) >= 11 is 0. The Labute approximate surface area is 105 Å². The summed E-state index contributed by atoms with van der Waals surface area (Å²) in [5.41, 5.74) is 6.55. The third-order valence-corrected chi connectivity index (χ3v) is 2.92. The number of rotatable bonds is 5. The van der Waals surface area contributed by atoms with E-state index in [2.05, 4.69) is 37.8 Å². The van der Waals surface area contributed by atoms with E-state index in [1.54, 1.807) is 11.0 Å². The molecule has 98 valence electrons. The lowest BCUT2D eigenvalue weighted by atomic mass is 9.82. The van der Waals surface area contributed by atoms with Gasteiger partial charge in [-0.3, -0.25) is 4.68 Å². The molecule has 17 heavy (non-hydrogen) atoms. The zero-order valence-electron chi connectivity index (χ0n) is 11.8. The lowest BCUT2D eigenvalue weighted by Gasteiger charge is -2.25. The summed E-state index contributed by atoms with van der Waals surface area (Å²) in [6, 6.07) is 0.176. The number of hydrogen-bond donors (Lipinski definition) is 1. The molecule has 0 radical (unpaired) electrons. The molecule has 0 aliphatic heterocycles. The first-order valence-electron chi connectivity index (χ1n) is 6.36. The number of nitrogens with two attached hydrogens (primary N) is 1. The quantitative estimate of drug-likeness (QED) is 0.855. The van der Waals surface area contributed by atoms with E-state index in [-0.39, 0.29) is 6.04 Å². The maximum atomic E-state index is 6.17. The molecule has 0 saturated heterocycles. The van der Waals surface area contributed by atoms with Crippen molar-refractivity contribution < 1.29 is 0 Å². The SMILES string of the molecule is CC(CC(N)Cc1ncnn1C)CC(C)(C)C. The molecule has 0 aliphatic rings. The second kappa shape index (κ2) is 5.63. The van der Waals surface area contributed by atoms with Gasteiger partial charge in [0, 0.05) is 19.5 Å². The van der Waals surface area contributed by atoms with Crippen molar-refractivity contribution in [2.75, 3.05) is 0 Å². The summed E-state index contributed by atoms with van der Waals surface area (Å²) in [5, 5.41) is 4.06. The van der Waals surface area contributed by atoms with Crippen LogP contribution in [0.2, 0.25) is 0 Å². The van der Waals surface area contributed by atoms with Crippen LogP contribution < -0.4 is 5.73 Å². The van der Waals surface area contributed by atoms with Crippen LogP contribution in [0.4, 0.5) is 0 Å². The van der Waals surface area contributed by atoms with Crippen molar-refractivity contribution in [1.82, 2.24) is 14.8 Å². The lowest BCUT2D eigenvalue weighted by molar-refractivity contribution is 0.284. The molecule has 2 atom stereocenters. The van der Waals surface area contributed by atoms with Crippen molar-refractivity contribution >= 4 is 0 Å². The molecule has 4 nitrogen and oxygen atoms in total. The third kappa shape index (κ3) is 5.31. The van der Waals surface area contributed by atoms with Gasteiger partial charge in [0.15, 0.2) is 0 Å². The van der Waals surface area contributed by atoms with Crippen LogP contribution in [0.15, 0.2) is 6.33 Å². The van der Waals surface area contributed by atoms with Gasteiger partial charge in [-0.15, -0.1) is 0 Å². The Bertz CT molecular complexity index is 337. The van der Waals surface area contributed by atoms with E-state index >= 15 is 0 Å². The number of aromatic nitrogens is 3. The molecule has 0 fully saturated rings. The van der Waals surface area contributed by atoms with E-state index in [4.69, 9.17) is 5.73 Å². The van der Waals surface area contributed by atoms with Crippen molar-refractivity contribution in [2.24, 2.45) is 24.1 Å². The summed E-state index contributed by atoms with van der Waals surface area (Å²) in [6.07, 6.45) is 4.65. The van der Waals surface area contributed by atoms with E-state index < -0.39 is 0 Å². The molecule has 2 unspecified atom stereocenters. The van der Waals surface area contributed by atoms with Gasteiger partial charge in [-0.2, -0.15) is 5.10 Å². The molecule has 4 heteroatoms. The first-order valence-corrected chi connectivity index (χ1v) is 6.36. The first-order chi connectivity index (χ1) is 7.78. The molecule has 0 amide bonds. The Morgan fingerprint density at radius 2 is 2.06 bits per heavy atom. The highest BCUT2D eigenvalue weighted by Crippen LogP contribution is 2.26. The summed E-state index contributed by atoms with van der Waals surface area (Å²) in [5.74, 6) is 1.62. The fourth-order valence-corrected chi connectivity index (χ4v) is 2.47. The van der Waals surface area contributed by atoms with Crippen molar-refractivity contribution in [3.63, 3.8) is 0 Å². The highest BCUT2D eigenvalue weighted by molar-refractivity contribution is 4.88. The Hall–Kier alpha value is -0.900. The van der Waals surface area contributed by atoms with Gasteiger partial charge in [0.1, 0.15) is 12.2 Å². The standard InChI is InChI=1S/C13H26N4/c1-10(8-13(2,3)4)6-11(14)7-12-15-9-16-17(12)5/h9-11H,6-8,14H2,1-5H3. The van der Waals surface area contributed by atoms with Crippen LogP contribution in [-0.4, -0.2) is 20.8 Å². The molecule has 0 spiro atoms. The smallest absolute Gasteiger partial charge is 0.138 e. The van der Waals surface area contributed by atoms with Gasteiger partial charge >= 0.3 is 0 Å². The monoisotopic (exact) mass is 238 g/mol. The Morgan fingerprint density at radius 3 is 2.53 bits per heavy atom. The lowest BCUT2D eigenvalue weighted by Crippen LogP contribution is -2.28. The summed E-state index contributed by atoms with van der Waals surface area (Å²) < 4.78 is 1.80. The van der Waals surface area contributed by atoms with Crippen LogP contribution >= 0.6 is 0 Å². The van der Waals surface area contributed by atoms with Crippen molar-refractivity contribution in [3.05, 3.63) is 12.2 Å². The van der Waals surface area contributed by atoms with Gasteiger partial charge in [0.2, 0.25) is 0 Å². The average molecular weight is 238 g/mol. The van der Waals surface area contributed by atoms with Crippen LogP contribution in [0.5, 0.6) is 0 Å². The van der Waals surface area contributed by atoms with E-state index in [0.29, 0.717) is 11.3 Å². The average Bonchev–Trinajstić information content (AvgIpc) is 2.47. The second-order valence-electron chi connectivity index (χ2n) is 6.37. The molecular weight excluding hydrogens is 212 g/mol.